The lowest BCUT2D eigenvalue weighted by atomic mass is 10.1. The third-order valence-electron chi connectivity index (χ3n) is 6.75. The number of rotatable bonds is 8. The molecule has 36 heavy (non-hydrogen) atoms. The highest BCUT2D eigenvalue weighted by Crippen LogP contribution is 2.24. The molecule has 1 amide bonds. The Morgan fingerprint density at radius 1 is 1.00 bits per heavy atom. The number of fused-ring (bicyclic) bond motifs is 1. The number of anilines is 2. The number of aromatic nitrogens is 2. The fraction of sp³-hybridized carbons (Fsp3) is 0.286. The van der Waals surface area contributed by atoms with E-state index < -0.39 is 0 Å². The fourth-order valence-corrected chi connectivity index (χ4v) is 4.73. The van der Waals surface area contributed by atoms with E-state index in [0.717, 1.165) is 55.0 Å². The number of imidazole rings is 1. The molecule has 7 nitrogen and oxygen atoms in total. The number of benzene rings is 3. The van der Waals surface area contributed by atoms with Gasteiger partial charge in [0.05, 0.1) is 23.1 Å². The first-order chi connectivity index (χ1) is 17.6. The van der Waals surface area contributed by atoms with E-state index in [1.165, 1.54) is 12.1 Å². The van der Waals surface area contributed by atoms with E-state index >= 15 is 0 Å². The van der Waals surface area contributed by atoms with Gasteiger partial charge in [0.2, 0.25) is 5.95 Å². The Bertz CT molecular complexity index is 1330. The van der Waals surface area contributed by atoms with Crippen LogP contribution in [0.15, 0.2) is 72.8 Å². The van der Waals surface area contributed by atoms with Crippen LogP contribution in [-0.4, -0.2) is 52.6 Å². The number of carbonyl (C=O) groups excluding carboxylic acids is 1. The molecule has 186 valence electrons. The molecule has 0 radical (unpaired) electrons. The Kier molecular flexibility index (Phi) is 7.13. The van der Waals surface area contributed by atoms with E-state index in [1.54, 1.807) is 12.1 Å². The molecular weight excluding hydrogens is 455 g/mol. The number of para-hydroxylation sites is 3. The van der Waals surface area contributed by atoms with Gasteiger partial charge < -0.3 is 25.8 Å². The summed E-state index contributed by atoms with van der Waals surface area (Å²) in [5, 5.41) is 6.63. The second-order valence-corrected chi connectivity index (χ2v) is 9.24. The molecule has 5 rings (SSSR count). The van der Waals surface area contributed by atoms with Gasteiger partial charge in [0.15, 0.2) is 0 Å². The summed E-state index contributed by atoms with van der Waals surface area (Å²) in [4.78, 5) is 19.6. The van der Waals surface area contributed by atoms with Gasteiger partial charge >= 0.3 is 0 Å². The van der Waals surface area contributed by atoms with Crippen molar-refractivity contribution in [2.75, 3.05) is 37.2 Å². The van der Waals surface area contributed by atoms with Crippen LogP contribution in [0.4, 0.5) is 16.0 Å². The van der Waals surface area contributed by atoms with Crippen molar-refractivity contribution in [2.45, 2.75) is 25.4 Å². The molecule has 0 saturated carbocycles. The Balaban J connectivity index is 1.16. The van der Waals surface area contributed by atoms with Crippen LogP contribution in [0.3, 0.4) is 0 Å². The summed E-state index contributed by atoms with van der Waals surface area (Å²) in [6, 6.07) is 22.1. The van der Waals surface area contributed by atoms with Gasteiger partial charge in [0.1, 0.15) is 5.82 Å². The second-order valence-electron chi connectivity index (χ2n) is 9.24. The summed E-state index contributed by atoms with van der Waals surface area (Å²) in [7, 11) is 0. The smallest absolute Gasteiger partial charge is 0.253 e. The van der Waals surface area contributed by atoms with E-state index in [4.69, 9.17) is 10.7 Å². The Morgan fingerprint density at radius 3 is 2.50 bits per heavy atom. The number of halogens is 1. The van der Waals surface area contributed by atoms with Crippen LogP contribution < -0.4 is 16.4 Å². The maximum absolute atomic E-state index is 13.4. The Morgan fingerprint density at radius 2 is 1.72 bits per heavy atom. The molecule has 0 unspecified atom stereocenters. The van der Waals surface area contributed by atoms with Gasteiger partial charge in [-0.1, -0.05) is 36.4 Å². The van der Waals surface area contributed by atoms with Crippen molar-refractivity contribution in [3.63, 3.8) is 0 Å². The lowest BCUT2D eigenvalue weighted by Gasteiger charge is -2.32. The van der Waals surface area contributed by atoms with Crippen molar-refractivity contribution in [3.8, 4) is 0 Å². The molecule has 1 aliphatic heterocycles. The predicted molar refractivity (Wildman–Crippen MR) is 142 cm³/mol. The van der Waals surface area contributed by atoms with Crippen molar-refractivity contribution >= 4 is 28.6 Å². The van der Waals surface area contributed by atoms with Gasteiger partial charge in [-0.15, -0.1) is 0 Å². The first-order valence-corrected chi connectivity index (χ1v) is 12.4. The summed E-state index contributed by atoms with van der Waals surface area (Å²) in [6.07, 6.45) is 1.97. The number of hydrogen-bond donors (Lipinski definition) is 3. The highest BCUT2D eigenvalue weighted by atomic mass is 19.1. The van der Waals surface area contributed by atoms with Crippen LogP contribution in [0.5, 0.6) is 0 Å². The summed E-state index contributed by atoms with van der Waals surface area (Å²) in [6.45, 7) is 3.89. The number of nitrogen functional groups attached to an aromatic ring is 1. The normalized spacial score (nSPS) is 14.7. The lowest BCUT2D eigenvalue weighted by Crippen LogP contribution is -2.43. The largest absolute Gasteiger partial charge is 0.398 e. The Hall–Kier alpha value is -3.91. The van der Waals surface area contributed by atoms with E-state index in [-0.39, 0.29) is 11.7 Å². The fourth-order valence-electron chi connectivity index (χ4n) is 4.73. The van der Waals surface area contributed by atoms with Crippen LogP contribution in [0.1, 0.15) is 28.8 Å². The average Bonchev–Trinajstić information content (AvgIpc) is 3.23. The topological polar surface area (TPSA) is 88.2 Å². The summed E-state index contributed by atoms with van der Waals surface area (Å²) in [5.74, 6) is 0.472. The van der Waals surface area contributed by atoms with E-state index in [2.05, 4.69) is 26.2 Å². The Labute approximate surface area is 210 Å². The number of carbonyl (C=O) groups is 1. The SMILES string of the molecule is Nc1ccccc1C(=O)NCCN1CCC(Nc2nc3ccccc3n2Cc2ccc(F)cc2)CC1. The van der Waals surface area contributed by atoms with Crippen molar-refractivity contribution in [3.05, 3.63) is 89.7 Å². The van der Waals surface area contributed by atoms with Crippen molar-refractivity contribution in [1.82, 2.24) is 19.8 Å². The highest BCUT2D eigenvalue weighted by Gasteiger charge is 2.21. The molecule has 2 heterocycles. The minimum atomic E-state index is -0.233. The first kappa shape index (κ1) is 23.8. The van der Waals surface area contributed by atoms with Crippen LogP contribution in [0, 0.1) is 5.82 Å². The third kappa shape index (κ3) is 5.49. The molecule has 0 atom stereocenters. The zero-order valence-corrected chi connectivity index (χ0v) is 20.2. The second kappa shape index (κ2) is 10.8. The molecule has 3 aromatic carbocycles. The number of nitrogens with two attached hydrogens (primary N) is 1. The first-order valence-electron chi connectivity index (χ1n) is 12.4. The molecule has 8 heteroatoms. The van der Waals surface area contributed by atoms with Gasteiger partial charge in [-0.25, -0.2) is 9.37 Å². The van der Waals surface area contributed by atoms with Crippen molar-refractivity contribution in [1.29, 1.82) is 0 Å². The van der Waals surface area contributed by atoms with Crippen LogP contribution in [-0.2, 0) is 6.54 Å². The van der Waals surface area contributed by atoms with Crippen LogP contribution in [0.25, 0.3) is 11.0 Å². The number of nitrogens with one attached hydrogen (secondary N) is 2. The molecule has 1 aliphatic rings. The zero-order valence-electron chi connectivity index (χ0n) is 20.2. The predicted octanol–water partition coefficient (Wildman–Crippen LogP) is 4.11. The molecule has 4 N–H and O–H groups in total. The van der Waals surface area contributed by atoms with Gasteiger partial charge in [-0.05, 0) is 54.8 Å². The van der Waals surface area contributed by atoms with Crippen molar-refractivity contribution in [2.24, 2.45) is 0 Å². The minimum absolute atomic E-state index is 0.135. The quantitative estimate of drug-likeness (QED) is 0.326. The average molecular weight is 487 g/mol. The van der Waals surface area contributed by atoms with Gasteiger partial charge in [-0.3, -0.25) is 4.79 Å². The van der Waals surface area contributed by atoms with Crippen molar-refractivity contribution < 1.29 is 9.18 Å². The van der Waals surface area contributed by atoms with E-state index in [1.807, 2.05) is 42.5 Å². The molecule has 1 aromatic heterocycles. The summed E-state index contributed by atoms with van der Waals surface area (Å²) in [5.41, 5.74) is 9.93. The highest BCUT2D eigenvalue weighted by molar-refractivity contribution is 5.99. The van der Waals surface area contributed by atoms with Crippen LogP contribution >= 0.6 is 0 Å². The summed E-state index contributed by atoms with van der Waals surface area (Å²) >= 11 is 0. The van der Waals surface area contributed by atoms with Crippen LogP contribution in [0.2, 0.25) is 0 Å². The molecule has 0 aliphatic carbocycles. The third-order valence-corrected chi connectivity index (χ3v) is 6.75. The van der Waals surface area contributed by atoms with Gasteiger partial charge in [-0.2, -0.15) is 0 Å². The monoisotopic (exact) mass is 486 g/mol. The molecular formula is C28H31FN6O. The minimum Gasteiger partial charge on any atom is -0.398 e. The van der Waals surface area contributed by atoms with E-state index in [9.17, 15) is 9.18 Å². The number of amides is 1. The maximum Gasteiger partial charge on any atom is 0.253 e. The number of hydrogen-bond acceptors (Lipinski definition) is 5. The molecule has 1 saturated heterocycles. The lowest BCUT2D eigenvalue weighted by molar-refractivity contribution is 0.0947. The maximum atomic E-state index is 13.4. The number of likely N-dealkylation sites (tertiary alicyclic amines) is 1. The van der Waals surface area contributed by atoms with Gasteiger partial charge in [0, 0.05) is 37.9 Å². The molecule has 0 spiro atoms. The zero-order chi connectivity index (χ0) is 24.9. The van der Waals surface area contributed by atoms with E-state index in [0.29, 0.717) is 30.4 Å². The standard InChI is InChI=1S/C28H31FN6O/c29-21-11-9-20(10-12-21)19-35-26-8-4-3-7-25(26)33-28(35)32-22-13-16-34(17-14-22)18-15-31-27(36)23-5-1-2-6-24(23)30/h1-12,22H,13-19,30H2,(H,31,36)(H,32,33). The summed E-state index contributed by atoms with van der Waals surface area (Å²) < 4.78 is 15.6. The molecule has 1 fully saturated rings. The molecule has 0 bridgehead atoms. The van der Waals surface area contributed by atoms with Gasteiger partial charge in [0.25, 0.3) is 5.91 Å². The number of nitrogens with zero attached hydrogens (tertiary/aromatic N) is 3. The number of piperidine rings is 1. The molecule has 4 aromatic rings.